The van der Waals surface area contributed by atoms with E-state index >= 15 is 0 Å². The van der Waals surface area contributed by atoms with Crippen LogP contribution in [-0.2, 0) is 20.4 Å². The Morgan fingerprint density at radius 2 is 0.932 bits per heavy atom. The molecular formula is C72H90N6O2S8. The summed E-state index contributed by atoms with van der Waals surface area (Å²) in [5.74, 6) is 2.29. The van der Waals surface area contributed by atoms with Gasteiger partial charge in [0.15, 0.2) is 0 Å². The van der Waals surface area contributed by atoms with Crippen LogP contribution in [0.4, 0.5) is 0 Å². The van der Waals surface area contributed by atoms with E-state index in [0.29, 0.717) is 50.9 Å². The number of benzene rings is 3. The van der Waals surface area contributed by atoms with Crippen LogP contribution in [0.15, 0.2) is 58.3 Å². The third-order valence-corrected chi connectivity index (χ3v) is 26.8. The maximum Gasteiger partial charge on any atom is 0.266 e. The lowest BCUT2D eigenvalue weighted by Gasteiger charge is -2.40. The fourth-order valence-electron chi connectivity index (χ4n) is 15.3. The fraction of sp³-hybridized carbons (Fsp3) is 0.542. The Morgan fingerprint density at radius 1 is 0.523 bits per heavy atom. The number of unbranched alkanes of at least 4 members (excludes halogenated alkanes) is 4. The number of carbonyl (C=O) groups excluding carboxylic acids is 2. The van der Waals surface area contributed by atoms with Crippen LogP contribution < -0.4 is 0 Å². The van der Waals surface area contributed by atoms with Gasteiger partial charge in [-0.15, -0.1) is 35.3 Å². The van der Waals surface area contributed by atoms with Crippen LogP contribution in [0.5, 0.6) is 0 Å². The highest BCUT2D eigenvalue weighted by Gasteiger charge is 2.52. The molecule has 11 rings (SSSR count). The van der Waals surface area contributed by atoms with Crippen LogP contribution >= 0.6 is 94.5 Å². The maximum atomic E-state index is 13.6. The molecule has 8 nitrogen and oxygen atoms in total. The molecule has 2 saturated heterocycles. The molecule has 6 heterocycles. The molecule has 0 saturated carbocycles. The topological polar surface area (TPSA) is 92.2 Å². The minimum Gasteiger partial charge on any atom is -0.317 e. The Kier molecular flexibility index (Phi) is 21.4. The van der Waals surface area contributed by atoms with E-state index in [-0.39, 0.29) is 27.4 Å². The number of hydrogen-bond acceptors (Lipinski definition) is 14. The van der Waals surface area contributed by atoms with E-state index in [1.807, 2.05) is 53.6 Å². The second kappa shape index (κ2) is 28.6. The highest BCUT2D eigenvalue weighted by Crippen LogP contribution is 2.66. The minimum absolute atomic E-state index is 0.0249. The smallest absolute Gasteiger partial charge is 0.266 e. The molecule has 88 heavy (non-hydrogen) atoms. The predicted molar refractivity (Wildman–Crippen MR) is 390 cm³/mol. The van der Waals surface area contributed by atoms with Crippen molar-refractivity contribution in [3.8, 4) is 41.8 Å². The summed E-state index contributed by atoms with van der Waals surface area (Å²) in [7, 11) is 0. The highest BCUT2D eigenvalue weighted by molar-refractivity contribution is 8.26. The molecule has 4 aromatic heterocycles. The van der Waals surface area contributed by atoms with Crippen molar-refractivity contribution in [2.75, 3.05) is 13.1 Å². The molecule has 0 bridgehead atoms. The Bertz CT molecular complexity index is 3720. The summed E-state index contributed by atoms with van der Waals surface area (Å²) >= 11 is 19.8. The second-order valence-corrected chi connectivity index (χ2v) is 32.4. The normalized spacial score (nSPS) is 21.2. The molecule has 0 spiro atoms. The molecule has 3 aromatic carbocycles. The Balaban J connectivity index is 1.15. The number of amides is 2. The first-order valence-corrected chi connectivity index (χ1v) is 39.1. The largest absolute Gasteiger partial charge is 0.317 e. The van der Waals surface area contributed by atoms with E-state index in [2.05, 4.69) is 104 Å². The summed E-state index contributed by atoms with van der Waals surface area (Å²) < 4.78 is 20.5. The van der Waals surface area contributed by atoms with Gasteiger partial charge in [0.2, 0.25) is 0 Å². The number of hydrogen-bond donors (Lipinski definition) is 1. The number of thiophene rings is 2. The summed E-state index contributed by atoms with van der Waals surface area (Å²) in [6.07, 6.45) is 27.9. The van der Waals surface area contributed by atoms with Crippen LogP contribution in [0.2, 0.25) is 0 Å². The number of thiocarbonyl (C=S) groups is 1. The summed E-state index contributed by atoms with van der Waals surface area (Å²) in [5, 5.41) is 0. The summed E-state index contributed by atoms with van der Waals surface area (Å²) in [5.41, 5.74) is 16.3. The van der Waals surface area contributed by atoms with Crippen LogP contribution in [0.25, 0.3) is 76.0 Å². The lowest BCUT2D eigenvalue weighted by Crippen LogP contribution is -2.32. The summed E-state index contributed by atoms with van der Waals surface area (Å²) in [4.78, 5) is 37.4. The number of likely N-dealkylation sites (N-methyl/N-ethyl adjacent to an activating group) is 2. The van der Waals surface area contributed by atoms with E-state index in [0.717, 1.165) is 95.7 Å². The third kappa shape index (κ3) is 12.3. The minimum atomic E-state index is -0.199. The number of fused-ring (bicyclic) bond motifs is 8. The summed E-state index contributed by atoms with van der Waals surface area (Å²) in [6, 6.07) is 19.8. The molecular weight excluding hydrogens is 1240 g/mol. The van der Waals surface area contributed by atoms with E-state index in [1.165, 1.54) is 166 Å². The molecule has 5 atom stereocenters. The number of aromatic nitrogens is 4. The van der Waals surface area contributed by atoms with Crippen LogP contribution in [0.3, 0.4) is 0 Å². The van der Waals surface area contributed by atoms with Gasteiger partial charge in [-0.25, -0.2) is 0 Å². The van der Waals surface area contributed by atoms with Gasteiger partial charge in [0, 0.05) is 65.7 Å². The number of thioether (sulfide) groups is 2. The van der Waals surface area contributed by atoms with E-state index < -0.39 is 0 Å². The zero-order chi connectivity index (χ0) is 62.0. The fourth-order valence-corrected chi connectivity index (χ4v) is 22.1. The quantitative estimate of drug-likeness (QED) is 0.0268. The monoisotopic (exact) mass is 1330 g/mol. The average molecular weight is 1330 g/mol. The number of rotatable bonds is 30. The van der Waals surface area contributed by atoms with Gasteiger partial charge in [-0.3, -0.25) is 14.5 Å². The van der Waals surface area contributed by atoms with Crippen molar-refractivity contribution in [3.63, 3.8) is 0 Å². The van der Waals surface area contributed by atoms with Crippen molar-refractivity contribution in [1.29, 1.82) is 0 Å². The van der Waals surface area contributed by atoms with Gasteiger partial charge in [0.1, 0.15) is 31.1 Å². The van der Waals surface area contributed by atoms with Crippen molar-refractivity contribution in [3.05, 3.63) is 91.7 Å². The number of carbonyl (C=O) groups is 2. The molecule has 5 unspecified atom stereocenters. The van der Waals surface area contributed by atoms with Gasteiger partial charge in [0.25, 0.3) is 11.8 Å². The number of nitrogens with zero attached hydrogens (tertiary/aromatic N) is 6. The summed E-state index contributed by atoms with van der Waals surface area (Å²) in [6.45, 7) is 24.4. The molecule has 2 amide bonds. The SMILES string of the molecule is CCCCC(CC)CC1(CC(CC)CCCC)c2cc3c(cc2-c2sc(-c4ccc(/C=C5\SC(=S)N(CC)C5=O)c5nsnc45)cc21)C(CC(CC)CCCC)(CC(CC)CCCC)c1cc(-c2ccc(/C=C4\SC(S)N(CC)C4=O)c4nsnc24)sc1-3. The first-order chi connectivity index (χ1) is 42.8. The molecule has 2 aliphatic heterocycles. The molecule has 0 N–H and O–H groups in total. The van der Waals surface area contributed by atoms with Gasteiger partial charge < -0.3 is 4.90 Å². The molecule has 0 radical (unpaired) electrons. The van der Waals surface area contributed by atoms with Gasteiger partial charge in [-0.1, -0.05) is 218 Å². The van der Waals surface area contributed by atoms with Crippen LogP contribution in [-0.4, -0.2) is 61.2 Å². The van der Waals surface area contributed by atoms with Crippen LogP contribution in [0, 0.1) is 23.7 Å². The number of thiol groups is 1. The molecule has 7 aromatic rings. The van der Waals surface area contributed by atoms with Crippen molar-refractivity contribution in [1.82, 2.24) is 27.3 Å². The van der Waals surface area contributed by atoms with Gasteiger partial charge in [0.05, 0.1) is 33.3 Å². The molecule has 4 aliphatic rings. The van der Waals surface area contributed by atoms with Crippen molar-refractivity contribution >= 4 is 145 Å². The second-order valence-electron chi connectivity index (χ2n) is 25.6. The van der Waals surface area contributed by atoms with Crippen molar-refractivity contribution < 1.29 is 9.59 Å². The molecule has 468 valence electrons. The van der Waals surface area contributed by atoms with Gasteiger partial charge >= 0.3 is 0 Å². The van der Waals surface area contributed by atoms with Crippen molar-refractivity contribution in [2.24, 2.45) is 23.7 Å². The van der Waals surface area contributed by atoms with E-state index in [4.69, 9.17) is 42.3 Å². The van der Waals surface area contributed by atoms with E-state index in [9.17, 15) is 9.59 Å². The van der Waals surface area contributed by atoms with Gasteiger partial charge in [-0.05, 0) is 133 Å². The maximum absolute atomic E-state index is 13.6. The Labute approximate surface area is 560 Å². The van der Waals surface area contributed by atoms with E-state index in [1.54, 1.807) is 16.0 Å². The predicted octanol–water partition coefficient (Wildman–Crippen LogP) is 22.5. The lowest BCUT2D eigenvalue weighted by molar-refractivity contribution is -0.125. The lowest BCUT2D eigenvalue weighted by atomic mass is 9.63. The van der Waals surface area contributed by atoms with Crippen molar-refractivity contribution in [2.45, 2.75) is 213 Å². The third-order valence-electron chi connectivity index (χ3n) is 20.4. The highest BCUT2D eigenvalue weighted by atomic mass is 32.2. The molecule has 2 aliphatic carbocycles. The first kappa shape index (κ1) is 65.7. The zero-order valence-corrected chi connectivity index (χ0v) is 60.1. The molecule has 2 fully saturated rings. The average Bonchev–Trinajstić information content (AvgIpc) is 1.52. The standard InChI is InChI=1S/C72H90N6O2S8/c1-11-21-25-43(15-5)39-71(40-44(16-6)26-22-12-2)53-35-52-54(36-51(53)65-55(71)37-57(83-65)49-31-29-47(61-63(49)75-87-73-61)33-59-67(79)77(19-9)69(81)85-59)72(41-45(17-7)27-23-13-3,42-46(18-8)28-24-14-4)56-38-58(84-66(52)56)50-32-30-48(62-64(50)76-88-74-62)34-60-68(80)78(20-10)70(82)86-60/h29-38,43-46,69,81H,11-28,39-42H2,1-10H3/b59-33-,60-34-. The molecule has 16 heteroatoms. The Morgan fingerprint density at radius 3 is 1.30 bits per heavy atom. The first-order valence-electron chi connectivity index (χ1n) is 33.4. The van der Waals surface area contributed by atoms with Crippen LogP contribution in [0.1, 0.15) is 231 Å². The Hall–Kier alpha value is -3.74. The zero-order valence-electron chi connectivity index (χ0n) is 53.5. The van der Waals surface area contributed by atoms with Gasteiger partial charge in [-0.2, -0.15) is 17.5 Å².